The first kappa shape index (κ1) is 16.3. The van der Waals surface area contributed by atoms with E-state index in [1.165, 1.54) is 20.2 Å². The van der Waals surface area contributed by atoms with Gasteiger partial charge in [0.1, 0.15) is 5.52 Å². The lowest BCUT2D eigenvalue weighted by molar-refractivity contribution is 0.609. The minimum absolute atomic E-state index is 0.572. The van der Waals surface area contributed by atoms with Gasteiger partial charge < -0.3 is 4.42 Å². The quantitative estimate of drug-likeness (QED) is 0.309. The number of nitrogens with zero attached hydrogens (tertiary/aromatic N) is 2. The summed E-state index contributed by atoms with van der Waals surface area (Å²) in [5, 5.41) is 2.53. The molecule has 6 rings (SSSR count). The predicted molar refractivity (Wildman–Crippen MR) is 122 cm³/mol. The van der Waals surface area contributed by atoms with Gasteiger partial charge in [-0.3, -0.25) is 4.90 Å². The Hall–Kier alpha value is -3.63. The highest BCUT2D eigenvalue weighted by Crippen LogP contribution is 2.44. The number of fused-ring (bicyclic) bond motifs is 4. The van der Waals surface area contributed by atoms with Crippen molar-refractivity contribution < 1.29 is 4.42 Å². The van der Waals surface area contributed by atoms with Gasteiger partial charge in [0.15, 0.2) is 5.58 Å². The molecule has 2 aromatic heterocycles. The molecule has 0 N–H and O–H groups in total. The van der Waals surface area contributed by atoms with E-state index in [0.29, 0.717) is 6.01 Å². The summed E-state index contributed by atoms with van der Waals surface area (Å²) < 4.78 is 8.68. The molecule has 0 bridgehead atoms. The van der Waals surface area contributed by atoms with E-state index in [1.807, 2.05) is 42.5 Å². The fourth-order valence-corrected chi connectivity index (χ4v) is 5.00. The summed E-state index contributed by atoms with van der Waals surface area (Å²) in [4.78, 5) is 6.90. The first-order valence-corrected chi connectivity index (χ1v) is 10.3. The van der Waals surface area contributed by atoms with E-state index in [2.05, 4.69) is 59.5 Å². The third kappa shape index (κ3) is 2.61. The molecule has 0 aliphatic heterocycles. The summed E-state index contributed by atoms with van der Waals surface area (Å²) in [7, 11) is 0. The van der Waals surface area contributed by atoms with Crippen LogP contribution in [0.2, 0.25) is 0 Å². The molecular formula is C25H16N2OS. The highest BCUT2D eigenvalue weighted by atomic mass is 32.1. The van der Waals surface area contributed by atoms with Crippen molar-refractivity contribution in [3.63, 3.8) is 0 Å². The number of thiophene rings is 1. The molecule has 6 aromatic rings. The second kappa shape index (κ2) is 6.47. The smallest absolute Gasteiger partial charge is 0.307 e. The molecule has 0 radical (unpaired) electrons. The van der Waals surface area contributed by atoms with E-state index >= 15 is 0 Å². The monoisotopic (exact) mass is 392 g/mol. The van der Waals surface area contributed by atoms with Crippen molar-refractivity contribution >= 4 is 60.0 Å². The SMILES string of the molecule is c1ccc(N(c2nc3ccccc3o2)c2cccc3c2sc2ccccc23)cc1. The van der Waals surface area contributed by atoms with Crippen molar-refractivity contribution in [2.75, 3.05) is 4.90 Å². The van der Waals surface area contributed by atoms with Gasteiger partial charge in [0.05, 0.1) is 16.1 Å². The van der Waals surface area contributed by atoms with Crippen molar-refractivity contribution in [1.82, 2.24) is 4.98 Å². The van der Waals surface area contributed by atoms with Crippen LogP contribution in [0.5, 0.6) is 0 Å². The molecule has 4 heteroatoms. The molecule has 0 amide bonds. The average molecular weight is 392 g/mol. The third-order valence-electron chi connectivity index (χ3n) is 5.11. The fraction of sp³-hybridized carbons (Fsp3) is 0. The van der Waals surface area contributed by atoms with Crippen LogP contribution in [0.25, 0.3) is 31.3 Å². The van der Waals surface area contributed by atoms with Gasteiger partial charge in [-0.15, -0.1) is 11.3 Å². The summed E-state index contributed by atoms with van der Waals surface area (Å²) in [6.45, 7) is 0. The highest BCUT2D eigenvalue weighted by Gasteiger charge is 2.21. The van der Waals surface area contributed by atoms with Crippen LogP contribution in [0.1, 0.15) is 0 Å². The van der Waals surface area contributed by atoms with E-state index in [-0.39, 0.29) is 0 Å². The number of oxazole rings is 1. The van der Waals surface area contributed by atoms with Crippen molar-refractivity contribution in [2.45, 2.75) is 0 Å². The maximum absolute atomic E-state index is 6.18. The molecule has 0 saturated heterocycles. The Bertz CT molecular complexity index is 1430. The van der Waals surface area contributed by atoms with Gasteiger partial charge >= 0.3 is 6.01 Å². The molecule has 3 nitrogen and oxygen atoms in total. The molecule has 2 heterocycles. The second-order valence-corrected chi connectivity index (χ2v) is 7.94. The largest absolute Gasteiger partial charge is 0.423 e. The van der Waals surface area contributed by atoms with Gasteiger partial charge in [0, 0.05) is 15.5 Å². The molecule has 0 fully saturated rings. The summed E-state index contributed by atoms with van der Waals surface area (Å²) in [5.41, 5.74) is 3.73. The summed E-state index contributed by atoms with van der Waals surface area (Å²) in [5.74, 6) is 0. The molecule has 0 atom stereocenters. The zero-order valence-electron chi connectivity index (χ0n) is 15.4. The Morgan fingerprint density at radius 2 is 1.45 bits per heavy atom. The van der Waals surface area contributed by atoms with Crippen LogP contribution in [0.3, 0.4) is 0 Å². The van der Waals surface area contributed by atoms with Crippen LogP contribution >= 0.6 is 11.3 Å². The van der Waals surface area contributed by atoms with E-state index < -0.39 is 0 Å². The minimum atomic E-state index is 0.572. The van der Waals surface area contributed by atoms with Gasteiger partial charge in [-0.25, -0.2) is 0 Å². The molecule has 138 valence electrons. The van der Waals surface area contributed by atoms with Crippen molar-refractivity contribution in [2.24, 2.45) is 0 Å². The van der Waals surface area contributed by atoms with E-state index in [0.717, 1.165) is 22.5 Å². The van der Waals surface area contributed by atoms with Gasteiger partial charge in [0.25, 0.3) is 0 Å². The van der Waals surface area contributed by atoms with E-state index in [9.17, 15) is 0 Å². The maximum Gasteiger partial charge on any atom is 0.307 e. The number of rotatable bonds is 3. The van der Waals surface area contributed by atoms with Crippen molar-refractivity contribution in [3.05, 3.63) is 97.1 Å². The zero-order chi connectivity index (χ0) is 19.2. The van der Waals surface area contributed by atoms with Crippen molar-refractivity contribution in [3.8, 4) is 0 Å². The topological polar surface area (TPSA) is 29.3 Å². The number of hydrogen-bond donors (Lipinski definition) is 0. The molecule has 0 saturated carbocycles. The normalized spacial score (nSPS) is 11.4. The number of aromatic nitrogens is 1. The van der Waals surface area contributed by atoms with Crippen LogP contribution < -0.4 is 4.90 Å². The lowest BCUT2D eigenvalue weighted by atomic mass is 10.1. The van der Waals surface area contributed by atoms with Gasteiger partial charge in [0.2, 0.25) is 0 Å². The number of anilines is 3. The van der Waals surface area contributed by atoms with Crippen LogP contribution in [0.15, 0.2) is 101 Å². The minimum Gasteiger partial charge on any atom is -0.423 e. The zero-order valence-corrected chi connectivity index (χ0v) is 16.3. The first-order chi connectivity index (χ1) is 14.4. The molecule has 0 spiro atoms. The Balaban J connectivity index is 1.66. The molecular weight excluding hydrogens is 376 g/mol. The van der Waals surface area contributed by atoms with Crippen LogP contribution in [0, 0.1) is 0 Å². The van der Waals surface area contributed by atoms with Crippen molar-refractivity contribution in [1.29, 1.82) is 0 Å². The molecule has 4 aromatic carbocycles. The number of benzene rings is 4. The van der Waals surface area contributed by atoms with E-state index in [4.69, 9.17) is 9.40 Å². The Kier molecular flexibility index (Phi) is 3.64. The Morgan fingerprint density at radius 1 is 0.690 bits per heavy atom. The van der Waals surface area contributed by atoms with Crippen LogP contribution in [0.4, 0.5) is 17.4 Å². The fourth-order valence-electron chi connectivity index (χ4n) is 3.79. The van der Waals surface area contributed by atoms with Gasteiger partial charge in [-0.2, -0.15) is 4.98 Å². The van der Waals surface area contributed by atoms with Crippen LogP contribution in [-0.2, 0) is 0 Å². The lowest BCUT2D eigenvalue weighted by Crippen LogP contribution is -2.10. The van der Waals surface area contributed by atoms with E-state index in [1.54, 1.807) is 11.3 Å². The van der Waals surface area contributed by atoms with Gasteiger partial charge in [-0.05, 0) is 36.4 Å². The molecule has 0 aliphatic carbocycles. The number of hydrogen-bond acceptors (Lipinski definition) is 4. The van der Waals surface area contributed by atoms with Crippen LogP contribution in [-0.4, -0.2) is 4.98 Å². The first-order valence-electron chi connectivity index (χ1n) is 9.49. The standard InChI is InChI=1S/C25H16N2OS/c1-2-9-17(10-3-1)27(25-26-20-13-5-6-15-22(20)28-25)21-14-8-12-19-18-11-4-7-16-23(18)29-24(19)21/h1-16H. The molecule has 29 heavy (non-hydrogen) atoms. The molecule has 0 aliphatic rings. The molecule has 0 unspecified atom stereocenters. The maximum atomic E-state index is 6.18. The lowest BCUT2D eigenvalue weighted by Gasteiger charge is -2.21. The summed E-state index contributed by atoms with van der Waals surface area (Å²) in [6, 6.07) is 33.7. The summed E-state index contributed by atoms with van der Waals surface area (Å²) >= 11 is 1.80. The number of para-hydroxylation sites is 3. The summed E-state index contributed by atoms with van der Waals surface area (Å²) in [6.07, 6.45) is 0. The third-order valence-corrected chi connectivity index (χ3v) is 6.32. The van der Waals surface area contributed by atoms with Gasteiger partial charge in [-0.1, -0.05) is 60.7 Å². The Labute approximate surface area is 171 Å². The average Bonchev–Trinajstić information content (AvgIpc) is 3.36. The second-order valence-electron chi connectivity index (χ2n) is 6.89. The Morgan fingerprint density at radius 3 is 2.34 bits per heavy atom. The highest BCUT2D eigenvalue weighted by molar-refractivity contribution is 7.26. The predicted octanol–water partition coefficient (Wildman–Crippen LogP) is 7.67.